The lowest BCUT2D eigenvalue weighted by atomic mass is 10.0. The van der Waals surface area contributed by atoms with Crippen LogP contribution in [0.1, 0.15) is 31.0 Å². The summed E-state index contributed by atoms with van der Waals surface area (Å²) in [4.78, 5) is 3.24. The van der Waals surface area contributed by atoms with E-state index < -0.39 is 0 Å². The minimum atomic E-state index is -0.362. The fourth-order valence-corrected chi connectivity index (χ4v) is 1.96. The van der Waals surface area contributed by atoms with E-state index in [4.69, 9.17) is 5.73 Å². The van der Waals surface area contributed by atoms with Crippen molar-refractivity contribution in [2.24, 2.45) is 0 Å². The molecular weight excluding hydrogens is 191 g/mol. The monoisotopic (exact) mass is 206 g/mol. The van der Waals surface area contributed by atoms with Gasteiger partial charge in [-0.05, 0) is 24.5 Å². The van der Waals surface area contributed by atoms with Crippen LogP contribution >= 0.6 is 0 Å². The zero-order valence-corrected chi connectivity index (χ0v) is 9.19. The van der Waals surface area contributed by atoms with Gasteiger partial charge >= 0.3 is 0 Å². The van der Waals surface area contributed by atoms with Crippen molar-refractivity contribution in [3.63, 3.8) is 0 Å². The predicted molar refractivity (Wildman–Crippen MR) is 61.5 cm³/mol. The molecule has 2 rings (SSSR count). The van der Waals surface area contributed by atoms with Crippen LogP contribution in [0.4, 0.5) is 10.1 Å². The highest BCUT2D eigenvalue weighted by molar-refractivity contribution is 5.87. The Balaban J connectivity index is 2.77. The van der Waals surface area contributed by atoms with Crippen LogP contribution in [0.15, 0.2) is 12.1 Å². The summed E-state index contributed by atoms with van der Waals surface area (Å²) in [5.41, 5.74) is 8.89. The van der Waals surface area contributed by atoms with E-state index >= 15 is 0 Å². The van der Waals surface area contributed by atoms with Crippen LogP contribution in [0.3, 0.4) is 0 Å². The van der Waals surface area contributed by atoms with Crippen molar-refractivity contribution in [3.8, 4) is 0 Å². The molecule has 0 amide bonds. The maximum atomic E-state index is 13.2. The van der Waals surface area contributed by atoms with Crippen molar-refractivity contribution in [3.05, 3.63) is 29.2 Å². The third kappa shape index (κ3) is 1.48. The molecule has 3 N–H and O–H groups in total. The van der Waals surface area contributed by atoms with Crippen molar-refractivity contribution >= 4 is 16.6 Å². The first-order valence-electron chi connectivity index (χ1n) is 5.08. The van der Waals surface area contributed by atoms with Crippen LogP contribution < -0.4 is 5.73 Å². The summed E-state index contributed by atoms with van der Waals surface area (Å²) in [7, 11) is 0. The van der Waals surface area contributed by atoms with E-state index in [1.165, 1.54) is 6.07 Å². The largest absolute Gasteiger partial charge is 0.396 e. The second kappa shape index (κ2) is 3.26. The number of nitrogens with one attached hydrogen (secondary N) is 1. The zero-order chi connectivity index (χ0) is 11.2. The fourth-order valence-electron chi connectivity index (χ4n) is 1.96. The second-order valence-corrected chi connectivity index (χ2v) is 4.24. The van der Waals surface area contributed by atoms with Crippen molar-refractivity contribution in [2.45, 2.75) is 26.7 Å². The van der Waals surface area contributed by atoms with Gasteiger partial charge in [0.25, 0.3) is 0 Å². The lowest BCUT2D eigenvalue weighted by Crippen LogP contribution is -1.89. The molecule has 3 heteroatoms. The highest BCUT2D eigenvalue weighted by atomic mass is 19.1. The van der Waals surface area contributed by atoms with Crippen LogP contribution in [0, 0.1) is 12.7 Å². The minimum Gasteiger partial charge on any atom is -0.396 e. The number of aromatic amines is 1. The van der Waals surface area contributed by atoms with Crippen LogP contribution in [-0.4, -0.2) is 4.98 Å². The number of benzene rings is 1. The number of fused-ring (bicyclic) bond motifs is 1. The maximum Gasteiger partial charge on any atom is 0.148 e. The highest BCUT2D eigenvalue weighted by Gasteiger charge is 2.12. The number of aryl methyl sites for hydroxylation is 1. The lowest BCUT2D eigenvalue weighted by Gasteiger charge is -2.02. The van der Waals surface area contributed by atoms with Crippen molar-refractivity contribution in [2.75, 3.05) is 5.73 Å². The Morgan fingerprint density at radius 2 is 2.00 bits per heavy atom. The van der Waals surface area contributed by atoms with Gasteiger partial charge in [0.15, 0.2) is 0 Å². The summed E-state index contributed by atoms with van der Waals surface area (Å²) in [6.07, 6.45) is 0. The van der Waals surface area contributed by atoms with Crippen molar-refractivity contribution < 1.29 is 4.39 Å². The first-order valence-corrected chi connectivity index (χ1v) is 5.08. The standard InChI is InChI=1S/C12H15FN2/c1-6(2)12-7(3)8-4-10(14)9(13)5-11(8)15-12/h4-6,15H,14H2,1-3H3. The van der Waals surface area contributed by atoms with E-state index in [1.54, 1.807) is 6.07 Å². The Bertz CT molecular complexity index is 512. The number of hydrogen-bond donors (Lipinski definition) is 2. The van der Waals surface area contributed by atoms with Crippen LogP contribution in [-0.2, 0) is 0 Å². The smallest absolute Gasteiger partial charge is 0.148 e. The van der Waals surface area contributed by atoms with E-state index in [-0.39, 0.29) is 11.5 Å². The van der Waals surface area contributed by atoms with E-state index in [2.05, 4.69) is 18.8 Å². The molecule has 1 heterocycles. The fraction of sp³-hybridized carbons (Fsp3) is 0.333. The molecule has 1 aromatic heterocycles. The van der Waals surface area contributed by atoms with Gasteiger partial charge in [-0.2, -0.15) is 0 Å². The van der Waals surface area contributed by atoms with Gasteiger partial charge in [-0.25, -0.2) is 4.39 Å². The SMILES string of the molecule is Cc1c(C(C)C)[nH]c2cc(F)c(N)cc12. The minimum absolute atomic E-state index is 0.208. The van der Waals surface area contributed by atoms with E-state index in [9.17, 15) is 4.39 Å². The highest BCUT2D eigenvalue weighted by Crippen LogP contribution is 2.29. The summed E-state index contributed by atoms with van der Waals surface area (Å²) in [6.45, 7) is 6.25. The molecule has 0 saturated carbocycles. The van der Waals surface area contributed by atoms with Gasteiger partial charge in [0.1, 0.15) is 5.82 Å². The van der Waals surface area contributed by atoms with Gasteiger partial charge < -0.3 is 10.7 Å². The topological polar surface area (TPSA) is 41.8 Å². The molecule has 0 bridgehead atoms. The molecule has 0 atom stereocenters. The van der Waals surface area contributed by atoms with Gasteiger partial charge in [-0.15, -0.1) is 0 Å². The molecule has 0 saturated heterocycles. The molecular formula is C12H15FN2. The van der Waals surface area contributed by atoms with Gasteiger partial charge in [0, 0.05) is 22.7 Å². The first-order chi connectivity index (χ1) is 7.00. The molecule has 15 heavy (non-hydrogen) atoms. The average molecular weight is 206 g/mol. The summed E-state index contributed by atoms with van der Waals surface area (Å²) in [5.74, 6) is 0.0424. The third-order valence-electron chi connectivity index (χ3n) is 2.79. The number of halogens is 1. The number of rotatable bonds is 1. The number of hydrogen-bond acceptors (Lipinski definition) is 1. The molecule has 1 aromatic carbocycles. The van der Waals surface area contributed by atoms with E-state index in [0.29, 0.717) is 5.92 Å². The predicted octanol–water partition coefficient (Wildman–Crippen LogP) is 3.32. The average Bonchev–Trinajstić information content (AvgIpc) is 2.46. The number of nitrogen functional groups attached to an aromatic ring is 1. The maximum absolute atomic E-state index is 13.2. The van der Waals surface area contributed by atoms with Crippen LogP contribution in [0.25, 0.3) is 10.9 Å². The Morgan fingerprint density at radius 3 is 2.60 bits per heavy atom. The molecule has 2 aromatic rings. The van der Waals surface area contributed by atoms with Crippen molar-refractivity contribution in [1.82, 2.24) is 4.98 Å². The summed E-state index contributed by atoms with van der Waals surface area (Å²) in [5, 5.41) is 1.01. The molecule has 2 nitrogen and oxygen atoms in total. The number of anilines is 1. The Labute approximate surface area is 88.3 Å². The second-order valence-electron chi connectivity index (χ2n) is 4.24. The molecule has 0 aliphatic rings. The van der Waals surface area contributed by atoms with E-state index in [1.807, 2.05) is 6.92 Å². The van der Waals surface area contributed by atoms with Crippen LogP contribution in [0.5, 0.6) is 0 Å². The Morgan fingerprint density at radius 1 is 1.33 bits per heavy atom. The Kier molecular flexibility index (Phi) is 2.18. The summed E-state index contributed by atoms with van der Waals surface area (Å²) in [6, 6.07) is 3.16. The van der Waals surface area contributed by atoms with Crippen molar-refractivity contribution in [1.29, 1.82) is 0 Å². The van der Waals surface area contributed by atoms with Gasteiger partial charge in [-0.3, -0.25) is 0 Å². The molecule has 0 fully saturated rings. The number of aromatic nitrogens is 1. The number of H-pyrrole nitrogens is 1. The van der Waals surface area contributed by atoms with Gasteiger partial charge in [0.05, 0.1) is 5.69 Å². The van der Waals surface area contributed by atoms with E-state index in [0.717, 1.165) is 22.2 Å². The lowest BCUT2D eigenvalue weighted by molar-refractivity contribution is 0.634. The third-order valence-corrected chi connectivity index (χ3v) is 2.79. The number of nitrogens with two attached hydrogens (primary N) is 1. The van der Waals surface area contributed by atoms with Crippen LogP contribution in [0.2, 0.25) is 0 Å². The summed E-state index contributed by atoms with van der Waals surface area (Å²) < 4.78 is 13.2. The molecule has 0 unspecified atom stereocenters. The molecule has 80 valence electrons. The Hall–Kier alpha value is -1.51. The van der Waals surface area contributed by atoms with Gasteiger partial charge in [0.2, 0.25) is 0 Å². The molecule has 0 spiro atoms. The molecule has 0 radical (unpaired) electrons. The first kappa shape index (κ1) is 10.0. The van der Waals surface area contributed by atoms with Gasteiger partial charge in [-0.1, -0.05) is 13.8 Å². The molecule has 0 aliphatic heterocycles. The normalized spacial score (nSPS) is 11.5. The molecule has 0 aliphatic carbocycles. The summed E-state index contributed by atoms with van der Waals surface area (Å²) >= 11 is 0. The quantitative estimate of drug-likeness (QED) is 0.690. The zero-order valence-electron chi connectivity index (χ0n) is 9.19.